The van der Waals surface area contributed by atoms with E-state index in [1.807, 2.05) is 6.07 Å². The minimum absolute atomic E-state index is 0.00576. The fraction of sp³-hybridized carbons (Fsp3) is 0.533. The molecule has 1 N–H and O–H groups in total. The maximum absolute atomic E-state index is 11.3. The molecule has 2 aromatic heterocycles. The van der Waals surface area contributed by atoms with Crippen molar-refractivity contribution in [3.63, 3.8) is 0 Å². The van der Waals surface area contributed by atoms with Gasteiger partial charge in [-0.05, 0) is 30.4 Å². The summed E-state index contributed by atoms with van der Waals surface area (Å²) < 4.78 is 6.82. The Balaban J connectivity index is 1.52. The molecule has 1 saturated heterocycles. The minimum Gasteiger partial charge on any atom is -0.379 e. The van der Waals surface area contributed by atoms with Gasteiger partial charge in [-0.2, -0.15) is 9.38 Å². The first-order valence-electron chi connectivity index (χ1n) is 7.91. The molecule has 3 heterocycles. The molecule has 0 unspecified atom stereocenters. The van der Waals surface area contributed by atoms with E-state index >= 15 is 0 Å². The number of ether oxygens (including phenoxy) is 1. The average Bonchev–Trinajstić information content (AvgIpc) is 2.94. The minimum atomic E-state index is -0.393. The van der Waals surface area contributed by atoms with Crippen molar-refractivity contribution in [2.45, 2.75) is 12.8 Å². The van der Waals surface area contributed by atoms with E-state index in [0.29, 0.717) is 18.0 Å². The van der Waals surface area contributed by atoms with Crippen LogP contribution in [0, 0.1) is 10.1 Å². The number of anilines is 1. The highest BCUT2D eigenvalue weighted by molar-refractivity contribution is 5.62. The van der Waals surface area contributed by atoms with Crippen LogP contribution in [-0.2, 0) is 4.74 Å². The SMILES string of the molecule is O=[N+]([O-])c1c(NCCCCN2CCOCC2)nc2ccccn12. The number of unbranched alkanes of at least 4 members (excludes halogenated alkanes) is 1. The van der Waals surface area contributed by atoms with Crippen LogP contribution >= 0.6 is 0 Å². The second kappa shape index (κ2) is 7.38. The first-order chi connectivity index (χ1) is 11.3. The Labute approximate surface area is 134 Å². The molecule has 0 atom stereocenters. The maximum Gasteiger partial charge on any atom is 0.372 e. The van der Waals surface area contributed by atoms with Crippen LogP contribution in [0.3, 0.4) is 0 Å². The Morgan fingerprint density at radius 2 is 2.13 bits per heavy atom. The summed E-state index contributed by atoms with van der Waals surface area (Å²) in [5, 5.41) is 14.4. The van der Waals surface area contributed by atoms with E-state index in [1.165, 1.54) is 4.40 Å². The van der Waals surface area contributed by atoms with Crippen LogP contribution in [0.5, 0.6) is 0 Å². The van der Waals surface area contributed by atoms with E-state index in [1.54, 1.807) is 18.3 Å². The highest BCUT2D eigenvalue weighted by Crippen LogP contribution is 2.25. The zero-order valence-electron chi connectivity index (χ0n) is 13.0. The lowest BCUT2D eigenvalue weighted by Gasteiger charge is -2.26. The molecular weight excluding hydrogens is 298 g/mol. The third-order valence-electron chi connectivity index (χ3n) is 3.97. The van der Waals surface area contributed by atoms with Crippen molar-refractivity contribution < 1.29 is 9.66 Å². The van der Waals surface area contributed by atoms with Gasteiger partial charge in [0.15, 0.2) is 0 Å². The van der Waals surface area contributed by atoms with E-state index in [9.17, 15) is 10.1 Å². The fourth-order valence-corrected chi connectivity index (χ4v) is 2.77. The van der Waals surface area contributed by atoms with Crippen LogP contribution in [0.15, 0.2) is 24.4 Å². The van der Waals surface area contributed by atoms with E-state index in [-0.39, 0.29) is 5.82 Å². The van der Waals surface area contributed by atoms with Gasteiger partial charge in [0, 0.05) is 25.7 Å². The third-order valence-corrected chi connectivity index (χ3v) is 3.97. The lowest BCUT2D eigenvalue weighted by Crippen LogP contribution is -2.36. The van der Waals surface area contributed by atoms with Crippen molar-refractivity contribution in [2.24, 2.45) is 0 Å². The molecule has 124 valence electrons. The summed E-state index contributed by atoms with van der Waals surface area (Å²) in [5.41, 5.74) is 0.579. The zero-order chi connectivity index (χ0) is 16.1. The molecule has 0 radical (unpaired) electrons. The van der Waals surface area contributed by atoms with Crippen molar-refractivity contribution in [3.05, 3.63) is 34.5 Å². The van der Waals surface area contributed by atoms with Crippen LogP contribution in [0.4, 0.5) is 11.6 Å². The predicted molar refractivity (Wildman–Crippen MR) is 86.8 cm³/mol. The molecule has 0 spiro atoms. The summed E-state index contributed by atoms with van der Waals surface area (Å²) in [5.74, 6) is 0.335. The summed E-state index contributed by atoms with van der Waals surface area (Å²) in [6.45, 7) is 5.32. The molecule has 0 aromatic carbocycles. The molecule has 0 bridgehead atoms. The number of imidazole rings is 1. The van der Waals surface area contributed by atoms with Crippen molar-refractivity contribution in [3.8, 4) is 0 Å². The van der Waals surface area contributed by atoms with E-state index < -0.39 is 4.92 Å². The van der Waals surface area contributed by atoms with Crippen molar-refractivity contribution in [1.82, 2.24) is 14.3 Å². The van der Waals surface area contributed by atoms with Gasteiger partial charge in [-0.1, -0.05) is 6.07 Å². The summed E-state index contributed by atoms with van der Waals surface area (Å²) in [6.07, 6.45) is 3.65. The number of pyridine rings is 1. The number of rotatable bonds is 7. The molecule has 2 aromatic rings. The molecule has 0 saturated carbocycles. The number of morpholine rings is 1. The number of fused-ring (bicyclic) bond motifs is 1. The monoisotopic (exact) mass is 319 g/mol. The molecule has 23 heavy (non-hydrogen) atoms. The van der Waals surface area contributed by atoms with Gasteiger partial charge >= 0.3 is 5.82 Å². The number of nitro groups is 1. The molecule has 8 heteroatoms. The van der Waals surface area contributed by atoms with Gasteiger partial charge in [-0.3, -0.25) is 4.90 Å². The molecule has 0 aliphatic carbocycles. The molecule has 8 nitrogen and oxygen atoms in total. The van der Waals surface area contributed by atoms with Gasteiger partial charge in [-0.15, -0.1) is 0 Å². The normalized spacial score (nSPS) is 15.8. The van der Waals surface area contributed by atoms with Crippen LogP contribution in [-0.4, -0.2) is 58.6 Å². The standard InChI is InChI=1S/C15H21N5O3/c21-20(22)15-14(17-13-5-1-3-8-19(13)15)16-6-2-4-7-18-9-11-23-12-10-18/h1,3,5,8,16H,2,4,6-7,9-12H2. The summed E-state index contributed by atoms with van der Waals surface area (Å²) in [7, 11) is 0. The summed E-state index contributed by atoms with van der Waals surface area (Å²) >= 11 is 0. The lowest BCUT2D eigenvalue weighted by atomic mass is 10.2. The molecular formula is C15H21N5O3. The highest BCUT2D eigenvalue weighted by atomic mass is 16.6. The highest BCUT2D eigenvalue weighted by Gasteiger charge is 2.21. The van der Waals surface area contributed by atoms with Gasteiger partial charge in [-0.25, -0.2) is 0 Å². The Morgan fingerprint density at radius 1 is 1.30 bits per heavy atom. The lowest BCUT2D eigenvalue weighted by molar-refractivity contribution is -0.389. The third kappa shape index (κ3) is 3.77. The molecule has 0 amide bonds. The van der Waals surface area contributed by atoms with Gasteiger partial charge in [0.2, 0.25) is 11.5 Å². The van der Waals surface area contributed by atoms with Crippen molar-refractivity contribution >= 4 is 17.3 Å². The Kier molecular flexibility index (Phi) is 5.04. The number of aromatic nitrogens is 2. The van der Waals surface area contributed by atoms with Crippen LogP contribution < -0.4 is 5.32 Å². The maximum atomic E-state index is 11.3. The smallest absolute Gasteiger partial charge is 0.372 e. The predicted octanol–water partition coefficient (Wildman–Crippen LogP) is 1.77. The van der Waals surface area contributed by atoms with E-state index in [4.69, 9.17) is 4.74 Å². The first-order valence-corrected chi connectivity index (χ1v) is 7.91. The van der Waals surface area contributed by atoms with E-state index in [2.05, 4.69) is 15.2 Å². The summed E-state index contributed by atoms with van der Waals surface area (Å²) in [4.78, 5) is 17.6. The van der Waals surface area contributed by atoms with Gasteiger partial charge in [0.1, 0.15) is 0 Å². The van der Waals surface area contributed by atoms with Gasteiger partial charge < -0.3 is 20.2 Å². The number of hydrogen-bond acceptors (Lipinski definition) is 6. The molecule has 3 rings (SSSR count). The Hall–Kier alpha value is -2.19. The Morgan fingerprint density at radius 3 is 2.91 bits per heavy atom. The van der Waals surface area contributed by atoms with Gasteiger partial charge in [0.25, 0.3) is 0 Å². The zero-order valence-corrected chi connectivity index (χ0v) is 13.0. The molecule has 1 fully saturated rings. The second-order valence-electron chi connectivity index (χ2n) is 5.56. The Bertz CT molecular complexity index is 666. The number of hydrogen-bond donors (Lipinski definition) is 1. The van der Waals surface area contributed by atoms with Crippen LogP contribution in [0.2, 0.25) is 0 Å². The van der Waals surface area contributed by atoms with Crippen LogP contribution in [0.25, 0.3) is 5.65 Å². The topological polar surface area (TPSA) is 84.9 Å². The van der Waals surface area contributed by atoms with Gasteiger partial charge in [0.05, 0.1) is 19.4 Å². The largest absolute Gasteiger partial charge is 0.379 e. The fourth-order valence-electron chi connectivity index (χ4n) is 2.77. The second-order valence-corrected chi connectivity index (χ2v) is 5.56. The van der Waals surface area contributed by atoms with Crippen molar-refractivity contribution in [2.75, 3.05) is 44.7 Å². The van der Waals surface area contributed by atoms with Crippen molar-refractivity contribution in [1.29, 1.82) is 0 Å². The molecule has 1 aliphatic rings. The number of nitrogens with one attached hydrogen (secondary N) is 1. The average molecular weight is 319 g/mol. The number of nitrogens with zero attached hydrogens (tertiary/aromatic N) is 4. The molecule has 1 aliphatic heterocycles. The van der Waals surface area contributed by atoms with E-state index in [0.717, 1.165) is 45.7 Å². The quantitative estimate of drug-likeness (QED) is 0.475. The summed E-state index contributed by atoms with van der Waals surface area (Å²) in [6, 6.07) is 5.34. The van der Waals surface area contributed by atoms with Crippen LogP contribution in [0.1, 0.15) is 12.8 Å². The first kappa shape index (κ1) is 15.7.